The maximum atomic E-state index is 5.69. The normalized spacial score (nSPS) is 9.53. The molecular formula is C14H19N. The molecule has 2 N–H and O–H groups in total. The Bertz CT molecular complexity index is 432. The van der Waals surface area contributed by atoms with Crippen LogP contribution < -0.4 is 5.73 Å². The number of benzene rings is 2. The fourth-order valence-electron chi connectivity index (χ4n) is 1.53. The second kappa shape index (κ2) is 5.40. The van der Waals surface area contributed by atoms with Crippen LogP contribution in [0.5, 0.6) is 0 Å². The van der Waals surface area contributed by atoms with Crippen molar-refractivity contribution in [3.63, 3.8) is 0 Å². The third-order valence-corrected chi connectivity index (χ3v) is 2.34. The lowest BCUT2D eigenvalue weighted by Crippen LogP contribution is -1.85. The van der Waals surface area contributed by atoms with E-state index in [9.17, 15) is 0 Å². The van der Waals surface area contributed by atoms with Gasteiger partial charge < -0.3 is 5.73 Å². The van der Waals surface area contributed by atoms with Crippen molar-refractivity contribution >= 4 is 16.5 Å². The molecular weight excluding hydrogens is 182 g/mol. The predicted octanol–water partition coefficient (Wildman–Crippen LogP) is 4.01. The van der Waals surface area contributed by atoms with E-state index in [4.69, 9.17) is 5.73 Å². The fraction of sp³-hybridized carbons (Fsp3) is 0.286. The lowest BCUT2D eigenvalue weighted by atomic mass is 10.1. The standard InChI is InChI=1S/C12H13N.C2H6/c1-2-9-3-4-11-8-12(13)6-5-10(11)7-9;1-2/h3-8H,2,13H2,1H3;1-2H3. The first-order valence-electron chi connectivity index (χ1n) is 5.58. The minimum Gasteiger partial charge on any atom is -0.399 e. The fourth-order valence-corrected chi connectivity index (χ4v) is 1.53. The van der Waals surface area contributed by atoms with Gasteiger partial charge in [-0.25, -0.2) is 0 Å². The Balaban J connectivity index is 0.000000531. The van der Waals surface area contributed by atoms with Gasteiger partial charge in [0.05, 0.1) is 0 Å². The molecule has 0 saturated carbocycles. The van der Waals surface area contributed by atoms with Crippen molar-refractivity contribution in [3.8, 4) is 0 Å². The summed E-state index contributed by atoms with van der Waals surface area (Å²) in [5.41, 5.74) is 7.90. The highest BCUT2D eigenvalue weighted by molar-refractivity contribution is 5.85. The van der Waals surface area contributed by atoms with Crippen LogP contribution in [0.1, 0.15) is 26.3 Å². The first-order valence-corrected chi connectivity index (χ1v) is 5.58. The Morgan fingerprint density at radius 1 is 0.933 bits per heavy atom. The molecule has 0 heterocycles. The Morgan fingerprint density at radius 3 is 2.20 bits per heavy atom. The summed E-state index contributed by atoms with van der Waals surface area (Å²) in [6, 6.07) is 12.5. The van der Waals surface area contributed by atoms with Gasteiger partial charge in [0, 0.05) is 5.69 Å². The van der Waals surface area contributed by atoms with E-state index in [1.54, 1.807) is 0 Å². The van der Waals surface area contributed by atoms with E-state index >= 15 is 0 Å². The summed E-state index contributed by atoms with van der Waals surface area (Å²) in [6.45, 7) is 6.17. The zero-order valence-corrected chi connectivity index (χ0v) is 9.75. The van der Waals surface area contributed by atoms with Crippen molar-refractivity contribution < 1.29 is 0 Å². The average Bonchev–Trinajstić information content (AvgIpc) is 2.31. The van der Waals surface area contributed by atoms with Crippen molar-refractivity contribution in [2.45, 2.75) is 27.2 Å². The number of rotatable bonds is 1. The van der Waals surface area contributed by atoms with E-state index in [1.807, 2.05) is 26.0 Å². The average molecular weight is 201 g/mol. The Hall–Kier alpha value is -1.50. The Morgan fingerprint density at radius 2 is 1.53 bits per heavy atom. The van der Waals surface area contributed by atoms with Crippen LogP contribution in [0.25, 0.3) is 10.8 Å². The molecule has 0 amide bonds. The van der Waals surface area contributed by atoms with E-state index < -0.39 is 0 Å². The highest BCUT2D eigenvalue weighted by Gasteiger charge is 1.94. The summed E-state index contributed by atoms with van der Waals surface area (Å²) in [4.78, 5) is 0. The van der Waals surface area contributed by atoms with Crippen molar-refractivity contribution in [3.05, 3.63) is 42.0 Å². The highest BCUT2D eigenvalue weighted by Crippen LogP contribution is 2.18. The van der Waals surface area contributed by atoms with Gasteiger partial charge in [0.25, 0.3) is 0 Å². The van der Waals surface area contributed by atoms with Crippen LogP contribution in [0.15, 0.2) is 36.4 Å². The van der Waals surface area contributed by atoms with Crippen molar-refractivity contribution in [2.75, 3.05) is 5.73 Å². The highest BCUT2D eigenvalue weighted by atomic mass is 14.5. The summed E-state index contributed by atoms with van der Waals surface area (Å²) in [5.74, 6) is 0. The third kappa shape index (κ3) is 2.72. The molecule has 0 unspecified atom stereocenters. The molecule has 80 valence electrons. The van der Waals surface area contributed by atoms with Gasteiger partial charge in [0.15, 0.2) is 0 Å². The van der Waals surface area contributed by atoms with Gasteiger partial charge in [-0.3, -0.25) is 0 Å². The van der Waals surface area contributed by atoms with Crippen LogP contribution in [0, 0.1) is 0 Å². The quantitative estimate of drug-likeness (QED) is 0.693. The monoisotopic (exact) mass is 201 g/mol. The molecule has 2 aromatic carbocycles. The van der Waals surface area contributed by atoms with E-state index in [1.165, 1.54) is 16.3 Å². The number of fused-ring (bicyclic) bond motifs is 1. The maximum Gasteiger partial charge on any atom is 0.0320 e. The zero-order chi connectivity index (χ0) is 11.3. The summed E-state index contributed by atoms with van der Waals surface area (Å²) < 4.78 is 0. The molecule has 0 aliphatic heterocycles. The first-order chi connectivity index (χ1) is 7.29. The molecule has 1 nitrogen and oxygen atoms in total. The zero-order valence-electron chi connectivity index (χ0n) is 9.75. The second-order valence-corrected chi connectivity index (χ2v) is 3.29. The molecule has 0 saturated heterocycles. The van der Waals surface area contributed by atoms with Gasteiger partial charge in [0.1, 0.15) is 0 Å². The van der Waals surface area contributed by atoms with E-state index in [0.717, 1.165) is 12.1 Å². The SMILES string of the molecule is CC.CCc1ccc2cc(N)ccc2c1. The summed E-state index contributed by atoms with van der Waals surface area (Å²) in [7, 11) is 0. The minimum absolute atomic E-state index is 0.830. The largest absolute Gasteiger partial charge is 0.399 e. The van der Waals surface area contributed by atoms with Gasteiger partial charge >= 0.3 is 0 Å². The van der Waals surface area contributed by atoms with Crippen molar-refractivity contribution in [1.82, 2.24) is 0 Å². The molecule has 0 fully saturated rings. The van der Waals surface area contributed by atoms with Crippen LogP contribution in [0.3, 0.4) is 0 Å². The lowest BCUT2D eigenvalue weighted by Gasteiger charge is -2.01. The second-order valence-electron chi connectivity index (χ2n) is 3.29. The van der Waals surface area contributed by atoms with Gasteiger partial charge in [-0.15, -0.1) is 0 Å². The molecule has 0 aliphatic rings. The number of nitrogens with two attached hydrogens (primary N) is 1. The molecule has 0 bridgehead atoms. The number of anilines is 1. The van der Waals surface area contributed by atoms with Crippen LogP contribution in [-0.2, 0) is 6.42 Å². The number of aryl methyl sites for hydroxylation is 1. The molecule has 2 aromatic rings. The Labute approximate surface area is 91.9 Å². The molecule has 0 radical (unpaired) electrons. The van der Waals surface area contributed by atoms with Crippen molar-refractivity contribution in [1.29, 1.82) is 0 Å². The molecule has 0 aliphatic carbocycles. The van der Waals surface area contributed by atoms with E-state index in [2.05, 4.69) is 31.2 Å². The third-order valence-electron chi connectivity index (χ3n) is 2.34. The van der Waals surface area contributed by atoms with E-state index in [-0.39, 0.29) is 0 Å². The van der Waals surface area contributed by atoms with Crippen molar-refractivity contribution in [2.24, 2.45) is 0 Å². The number of nitrogen functional groups attached to an aromatic ring is 1. The van der Waals surface area contributed by atoms with Crippen LogP contribution in [0.2, 0.25) is 0 Å². The molecule has 0 spiro atoms. The van der Waals surface area contributed by atoms with Gasteiger partial charge in [-0.05, 0) is 34.9 Å². The molecule has 2 rings (SSSR count). The van der Waals surface area contributed by atoms with Gasteiger partial charge in [-0.1, -0.05) is 45.0 Å². The van der Waals surface area contributed by atoms with Gasteiger partial charge in [-0.2, -0.15) is 0 Å². The maximum absolute atomic E-state index is 5.69. The molecule has 0 aromatic heterocycles. The topological polar surface area (TPSA) is 26.0 Å². The van der Waals surface area contributed by atoms with Crippen LogP contribution >= 0.6 is 0 Å². The minimum atomic E-state index is 0.830. The molecule has 0 atom stereocenters. The lowest BCUT2D eigenvalue weighted by molar-refractivity contribution is 1.15. The van der Waals surface area contributed by atoms with E-state index in [0.29, 0.717) is 0 Å². The summed E-state index contributed by atoms with van der Waals surface area (Å²) >= 11 is 0. The van der Waals surface area contributed by atoms with Crippen LogP contribution in [-0.4, -0.2) is 0 Å². The Kier molecular flexibility index (Phi) is 4.17. The predicted molar refractivity (Wildman–Crippen MR) is 69.1 cm³/mol. The number of hydrogen-bond donors (Lipinski definition) is 1. The first kappa shape index (κ1) is 11.6. The smallest absolute Gasteiger partial charge is 0.0320 e. The van der Waals surface area contributed by atoms with Crippen LogP contribution in [0.4, 0.5) is 5.69 Å². The molecule has 1 heteroatoms. The number of hydrogen-bond acceptors (Lipinski definition) is 1. The van der Waals surface area contributed by atoms with Gasteiger partial charge in [0.2, 0.25) is 0 Å². The summed E-state index contributed by atoms with van der Waals surface area (Å²) in [5, 5.41) is 2.49. The summed E-state index contributed by atoms with van der Waals surface area (Å²) in [6.07, 6.45) is 1.08. The molecule has 15 heavy (non-hydrogen) atoms.